The number of nitrogens with zero attached hydrogens (tertiary/aromatic N) is 1. The van der Waals surface area contributed by atoms with Crippen LogP contribution in [0, 0.1) is 19.8 Å². The molecule has 140 valence electrons. The molecule has 0 radical (unpaired) electrons. The molecular weight excluding hydrogens is 342 g/mol. The standard InChI is InChI=1S/C22H23NO4/c1-12(2)20(25)18-19(15-7-5-6-13(3)10-15)23(22(27)21(18)26)16-11-14(4)8-9-17(16)24/h5-12,19,24,26H,1-4H3. The fourth-order valence-electron chi connectivity index (χ4n) is 3.40. The fourth-order valence-corrected chi connectivity index (χ4v) is 3.40. The van der Waals surface area contributed by atoms with E-state index in [0.717, 1.165) is 11.1 Å². The summed E-state index contributed by atoms with van der Waals surface area (Å²) >= 11 is 0. The summed E-state index contributed by atoms with van der Waals surface area (Å²) in [5.74, 6) is -2.00. The number of ketones is 1. The topological polar surface area (TPSA) is 77.8 Å². The van der Waals surface area contributed by atoms with E-state index in [4.69, 9.17) is 0 Å². The van der Waals surface area contributed by atoms with Gasteiger partial charge in [-0.2, -0.15) is 0 Å². The first-order chi connectivity index (χ1) is 12.7. The quantitative estimate of drug-likeness (QED) is 0.854. The van der Waals surface area contributed by atoms with Gasteiger partial charge in [0.1, 0.15) is 5.75 Å². The molecule has 0 fully saturated rings. The van der Waals surface area contributed by atoms with Gasteiger partial charge in [0.25, 0.3) is 5.91 Å². The van der Waals surface area contributed by atoms with Crippen LogP contribution in [-0.2, 0) is 9.59 Å². The Bertz CT molecular complexity index is 959. The number of hydrogen-bond acceptors (Lipinski definition) is 4. The third-order valence-corrected chi connectivity index (χ3v) is 4.75. The van der Waals surface area contributed by atoms with Gasteiger partial charge in [-0.25, -0.2) is 0 Å². The van der Waals surface area contributed by atoms with Gasteiger partial charge in [-0.05, 0) is 37.1 Å². The Morgan fingerprint density at radius 3 is 2.33 bits per heavy atom. The van der Waals surface area contributed by atoms with Crippen LogP contribution in [0.2, 0.25) is 0 Å². The second kappa shape index (κ2) is 6.91. The number of hydrogen-bond donors (Lipinski definition) is 2. The molecule has 0 aliphatic carbocycles. The van der Waals surface area contributed by atoms with Crippen LogP contribution < -0.4 is 4.90 Å². The van der Waals surface area contributed by atoms with Crippen molar-refractivity contribution in [1.29, 1.82) is 0 Å². The number of anilines is 1. The van der Waals surface area contributed by atoms with Crippen molar-refractivity contribution in [3.05, 3.63) is 70.5 Å². The van der Waals surface area contributed by atoms with Crippen LogP contribution in [0.5, 0.6) is 5.75 Å². The van der Waals surface area contributed by atoms with Crippen LogP contribution in [-0.4, -0.2) is 21.9 Å². The van der Waals surface area contributed by atoms with E-state index in [1.54, 1.807) is 26.0 Å². The molecule has 1 atom stereocenters. The van der Waals surface area contributed by atoms with Gasteiger partial charge in [0.05, 0.1) is 17.3 Å². The molecule has 1 aliphatic rings. The van der Waals surface area contributed by atoms with Crippen LogP contribution in [0.3, 0.4) is 0 Å². The summed E-state index contributed by atoms with van der Waals surface area (Å²) in [5.41, 5.74) is 2.86. The number of amides is 1. The average molecular weight is 365 g/mol. The molecule has 5 nitrogen and oxygen atoms in total. The number of phenols is 1. The van der Waals surface area contributed by atoms with Gasteiger partial charge in [-0.15, -0.1) is 0 Å². The molecule has 1 amide bonds. The van der Waals surface area contributed by atoms with Crippen molar-refractivity contribution in [3.63, 3.8) is 0 Å². The molecular formula is C22H23NO4. The highest BCUT2D eigenvalue weighted by atomic mass is 16.3. The average Bonchev–Trinajstić information content (AvgIpc) is 2.88. The number of benzene rings is 2. The minimum Gasteiger partial charge on any atom is -0.506 e. The minimum atomic E-state index is -0.792. The van der Waals surface area contributed by atoms with Crippen molar-refractivity contribution in [1.82, 2.24) is 0 Å². The van der Waals surface area contributed by atoms with E-state index in [0.29, 0.717) is 5.56 Å². The first-order valence-electron chi connectivity index (χ1n) is 8.89. The molecule has 3 rings (SSSR count). The van der Waals surface area contributed by atoms with Crippen molar-refractivity contribution in [3.8, 4) is 5.75 Å². The van der Waals surface area contributed by atoms with E-state index in [1.165, 1.54) is 11.0 Å². The summed E-state index contributed by atoms with van der Waals surface area (Å²) in [6, 6.07) is 11.6. The number of aromatic hydroxyl groups is 1. The van der Waals surface area contributed by atoms with Crippen molar-refractivity contribution in [2.24, 2.45) is 5.92 Å². The number of aliphatic hydroxyl groups is 1. The minimum absolute atomic E-state index is 0.0708. The molecule has 1 unspecified atom stereocenters. The lowest BCUT2D eigenvalue weighted by molar-refractivity contribution is -0.119. The molecule has 2 N–H and O–H groups in total. The first-order valence-corrected chi connectivity index (χ1v) is 8.89. The predicted molar refractivity (Wildman–Crippen MR) is 104 cm³/mol. The van der Waals surface area contributed by atoms with Gasteiger partial charge in [-0.3, -0.25) is 14.5 Å². The third kappa shape index (κ3) is 3.21. The van der Waals surface area contributed by atoms with Crippen LogP contribution in [0.15, 0.2) is 53.8 Å². The smallest absolute Gasteiger partial charge is 0.294 e. The monoisotopic (exact) mass is 365 g/mol. The maximum Gasteiger partial charge on any atom is 0.294 e. The zero-order chi connectivity index (χ0) is 19.9. The molecule has 0 saturated carbocycles. The third-order valence-electron chi connectivity index (χ3n) is 4.75. The van der Waals surface area contributed by atoms with Crippen molar-refractivity contribution < 1.29 is 19.8 Å². The van der Waals surface area contributed by atoms with E-state index in [1.807, 2.05) is 38.1 Å². The van der Waals surface area contributed by atoms with Crippen molar-refractivity contribution >= 4 is 17.4 Å². The highest BCUT2D eigenvalue weighted by Crippen LogP contribution is 2.44. The maximum atomic E-state index is 12.9. The van der Waals surface area contributed by atoms with Crippen molar-refractivity contribution in [2.75, 3.05) is 4.90 Å². The summed E-state index contributed by atoms with van der Waals surface area (Å²) in [5, 5.41) is 20.9. The van der Waals surface area contributed by atoms with E-state index < -0.39 is 17.7 Å². The van der Waals surface area contributed by atoms with Crippen LogP contribution in [0.4, 0.5) is 5.69 Å². The van der Waals surface area contributed by atoms with E-state index in [-0.39, 0.29) is 28.7 Å². The number of phenolic OH excluding ortho intramolecular Hbond substituents is 1. The number of carbonyl (C=O) groups is 2. The first kappa shape index (κ1) is 18.7. The summed E-state index contributed by atoms with van der Waals surface area (Å²) in [7, 11) is 0. The van der Waals surface area contributed by atoms with Gasteiger partial charge in [0, 0.05) is 5.92 Å². The Kier molecular flexibility index (Phi) is 4.79. The molecule has 2 aromatic rings. The SMILES string of the molecule is Cc1cccc(C2C(C(=O)C(C)C)=C(O)C(=O)N2c2cc(C)ccc2O)c1. The van der Waals surface area contributed by atoms with Gasteiger partial charge in [-0.1, -0.05) is 49.7 Å². The zero-order valence-corrected chi connectivity index (χ0v) is 15.9. The van der Waals surface area contributed by atoms with E-state index in [9.17, 15) is 19.8 Å². The molecule has 2 aromatic carbocycles. The Morgan fingerprint density at radius 2 is 1.70 bits per heavy atom. The Hall–Kier alpha value is -3.08. The lowest BCUT2D eigenvalue weighted by atomic mass is 9.90. The summed E-state index contributed by atoms with van der Waals surface area (Å²) in [4.78, 5) is 27.1. The number of aryl methyl sites for hydroxylation is 2. The molecule has 0 aromatic heterocycles. The van der Waals surface area contributed by atoms with Crippen LogP contribution >= 0.6 is 0 Å². The molecule has 0 saturated heterocycles. The Morgan fingerprint density at radius 1 is 1.04 bits per heavy atom. The van der Waals surface area contributed by atoms with E-state index >= 15 is 0 Å². The zero-order valence-electron chi connectivity index (χ0n) is 15.9. The van der Waals surface area contributed by atoms with Crippen molar-refractivity contribution in [2.45, 2.75) is 33.7 Å². The molecule has 1 aliphatic heterocycles. The summed E-state index contributed by atoms with van der Waals surface area (Å²) in [6.07, 6.45) is 0. The van der Waals surface area contributed by atoms with Crippen LogP contribution in [0.1, 0.15) is 36.6 Å². The summed E-state index contributed by atoms with van der Waals surface area (Å²) < 4.78 is 0. The van der Waals surface area contributed by atoms with Crippen LogP contribution in [0.25, 0.3) is 0 Å². The largest absolute Gasteiger partial charge is 0.506 e. The lowest BCUT2D eigenvalue weighted by Crippen LogP contribution is -2.31. The Labute approximate surface area is 158 Å². The number of rotatable bonds is 4. The highest BCUT2D eigenvalue weighted by Gasteiger charge is 2.45. The number of aliphatic hydroxyl groups excluding tert-OH is 1. The molecule has 0 bridgehead atoms. The number of carbonyl (C=O) groups excluding carboxylic acids is 2. The van der Waals surface area contributed by atoms with Gasteiger partial charge < -0.3 is 10.2 Å². The predicted octanol–water partition coefficient (Wildman–Crippen LogP) is 4.13. The second-order valence-corrected chi connectivity index (χ2v) is 7.27. The normalized spacial score (nSPS) is 17.1. The van der Waals surface area contributed by atoms with E-state index in [2.05, 4.69) is 0 Å². The molecule has 27 heavy (non-hydrogen) atoms. The van der Waals surface area contributed by atoms with Gasteiger partial charge in [0.2, 0.25) is 0 Å². The highest BCUT2D eigenvalue weighted by molar-refractivity contribution is 6.17. The molecule has 5 heteroatoms. The lowest BCUT2D eigenvalue weighted by Gasteiger charge is -2.28. The molecule has 1 heterocycles. The molecule has 0 spiro atoms. The number of Topliss-reactive ketones (excluding diaryl/α,β-unsaturated/α-hetero) is 1. The summed E-state index contributed by atoms with van der Waals surface area (Å²) in [6.45, 7) is 7.22. The fraction of sp³-hybridized carbons (Fsp3) is 0.273. The van der Waals surface area contributed by atoms with Gasteiger partial charge >= 0.3 is 0 Å². The van der Waals surface area contributed by atoms with Gasteiger partial charge in [0.15, 0.2) is 11.5 Å². The second-order valence-electron chi connectivity index (χ2n) is 7.27. The maximum absolute atomic E-state index is 12.9. The Balaban J connectivity index is 2.25.